The van der Waals surface area contributed by atoms with Crippen LogP contribution in [-0.2, 0) is 14.9 Å². The molecule has 0 amide bonds. The Morgan fingerprint density at radius 3 is 2.35 bits per heavy atom. The van der Waals surface area contributed by atoms with E-state index in [1.165, 1.54) is 0 Å². The zero-order valence-electron chi connectivity index (χ0n) is 13.0. The van der Waals surface area contributed by atoms with Crippen molar-refractivity contribution < 1.29 is 14.3 Å². The van der Waals surface area contributed by atoms with Crippen molar-refractivity contribution in [2.75, 3.05) is 13.2 Å². The molecular formula is C16H25NO3. The van der Waals surface area contributed by atoms with Crippen LogP contribution in [0.5, 0.6) is 5.75 Å². The standard InChI is InChI=1S/C16H25NO3/c1-6-19-14(18)16(5,17)11-20-13-10-8-7-9-12(13)15(2,3)4/h7-10H,6,11,17H2,1-5H3. The number of benzene rings is 1. The number of para-hydroxylation sites is 1. The van der Waals surface area contributed by atoms with Gasteiger partial charge in [-0.1, -0.05) is 39.0 Å². The molecule has 0 aliphatic rings. The normalized spacial score (nSPS) is 14.5. The molecule has 0 radical (unpaired) electrons. The maximum atomic E-state index is 11.7. The molecule has 0 aromatic heterocycles. The summed E-state index contributed by atoms with van der Waals surface area (Å²) in [7, 11) is 0. The van der Waals surface area contributed by atoms with Gasteiger partial charge in [-0.25, -0.2) is 4.79 Å². The smallest absolute Gasteiger partial charge is 0.329 e. The predicted octanol–water partition coefficient (Wildman–Crippen LogP) is 2.64. The van der Waals surface area contributed by atoms with Crippen LogP contribution in [-0.4, -0.2) is 24.7 Å². The summed E-state index contributed by atoms with van der Waals surface area (Å²) >= 11 is 0. The van der Waals surface area contributed by atoms with E-state index in [1.807, 2.05) is 24.3 Å². The second-order valence-electron chi connectivity index (χ2n) is 6.17. The first kappa shape index (κ1) is 16.5. The van der Waals surface area contributed by atoms with Gasteiger partial charge in [0, 0.05) is 0 Å². The van der Waals surface area contributed by atoms with Crippen molar-refractivity contribution in [2.45, 2.75) is 45.6 Å². The number of carbonyl (C=O) groups excluding carboxylic acids is 1. The van der Waals surface area contributed by atoms with Crippen molar-refractivity contribution in [3.63, 3.8) is 0 Å². The Labute approximate surface area is 121 Å². The molecule has 112 valence electrons. The van der Waals surface area contributed by atoms with E-state index in [4.69, 9.17) is 15.2 Å². The molecule has 4 nitrogen and oxygen atoms in total. The third-order valence-electron chi connectivity index (χ3n) is 2.96. The molecule has 1 unspecified atom stereocenters. The van der Waals surface area contributed by atoms with E-state index in [2.05, 4.69) is 20.8 Å². The van der Waals surface area contributed by atoms with Crippen molar-refractivity contribution >= 4 is 5.97 Å². The summed E-state index contributed by atoms with van der Waals surface area (Å²) in [6, 6.07) is 7.79. The first-order valence-corrected chi connectivity index (χ1v) is 6.87. The Hall–Kier alpha value is -1.55. The molecule has 0 aliphatic heterocycles. The van der Waals surface area contributed by atoms with Crippen LogP contribution >= 0.6 is 0 Å². The Balaban J connectivity index is 2.83. The minimum absolute atomic E-state index is 0.0362. The number of nitrogens with two attached hydrogens (primary N) is 1. The third kappa shape index (κ3) is 4.23. The third-order valence-corrected chi connectivity index (χ3v) is 2.96. The first-order chi connectivity index (χ1) is 9.18. The Morgan fingerprint density at radius 1 is 1.20 bits per heavy atom. The van der Waals surface area contributed by atoms with E-state index >= 15 is 0 Å². The lowest BCUT2D eigenvalue weighted by Gasteiger charge is -2.26. The van der Waals surface area contributed by atoms with Gasteiger partial charge in [0.25, 0.3) is 0 Å². The summed E-state index contributed by atoms with van der Waals surface area (Å²) in [6.45, 7) is 10.1. The zero-order chi connectivity index (χ0) is 15.4. The maximum absolute atomic E-state index is 11.7. The van der Waals surface area contributed by atoms with Gasteiger partial charge in [-0.2, -0.15) is 0 Å². The van der Waals surface area contributed by atoms with Crippen LogP contribution in [0.2, 0.25) is 0 Å². The summed E-state index contributed by atoms with van der Waals surface area (Å²) < 4.78 is 10.7. The zero-order valence-corrected chi connectivity index (χ0v) is 13.0. The van der Waals surface area contributed by atoms with Gasteiger partial charge in [-0.15, -0.1) is 0 Å². The molecule has 0 fully saturated rings. The second-order valence-corrected chi connectivity index (χ2v) is 6.17. The fraction of sp³-hybridized carbons (Fsp3) is 0.562. The Bertz CT molecular complexity index is 461. The summed E-state index contributed by atoms with van der Waals surface area (Å²) in [4.78, 5) is 11.7. The molecule has 0 bridgehead atoms. The van der Waals surface area contributed by atoms with E-state index in [-0.39, 0.29) is 12.0 Å². The number of ether oxygens (including phenoxy) is 2. The lowest BCUT2D eigenvalue weighted by atomic mass is 9.86. The highest BCUT2D eigenvalue weighted by molar-refractivity contribution is 5.80. The summed E-state index contributed by atoms with van der Waals surface area (Å²) in [5.74, 6) is 0.300. The lowest BCUT2D eigenvalue weighted by molar-refractivity contribution is -0.150. The average molecular weight is 279 g/mol. The van der Waals surface area contributed by atoms with Crippen LogP contribution in [0.3, 0.4) is 0 Å². The number of carbonyl (C=O) groups is 1. The molecule has 1 aromatic carbocycles. The number of hydrogen-bond acceptors (Lipinski definition) is 4. The quantitative estimate of drug-likeness (QED) is 0.842. The van der Waals surface area contributed by atoms with Crippen LogP contribution in [0.1, 0.15) is 40.2 Å². The minimum Gasteiger partial charge on any atom is -0.491 e. The molecule has 0 saturated heterocycles. The van der Waals surface area contributed by atoms with E-state index in [0.29, 0.717) is 6.61 Å². The second kappa shape index (κ2) is 6.27. The van der Waals surface area contributed by atoms with E-state index in [1.54, 1.807) is 13.8 Å². The molecular weight excluding hydrogens is 254 g/mol. The molecule has 4 heteroatoms. The minimum atomic E-state index is -1.15. The summed E-state index contributed by atoms with van der Waals surface area (Å²) in [5, 5.41) is 0. The highest BCUT2D eigenvalue weighted by Gasteiger charge is 2.31. The summed E-state index contributed by atoms with van der Waals surface area (Å²) in [6.07, 6.45) is 0. The van der Waals surface area contributed by atoms with Crippen molar-refractivity contribution in [1.82, 2.24) is 0 Å². The van der Waals surface area contributed by atoms with Gasteiger partial charge < -0.3 is 15.2 Å². The van der Waals surface area contributed by atoms with Gasteiger partial charge in [0.05, 0.1) is 6.61 Å². The molecule has 2 N–H and O–H groups in total. The van der Waals surface area contributed by atoms with Gasteiger partial charge in [0.2, 0.25) is 0 Å². The molecule has 0 spiro atoms. The van der Waals surface area contributed by atoms with Crippen molar-refractivity contribution in [2.24, 2.45) is 5.73 Å². The van der Waals surface area contributed by atoms with Gasteiger partial charge in [0.1, 0.15) is 17.9 Å². The highest BCUT2D eigenvalue weighted by Crippen LogP contribution is 2.31. The van der Waals surface area contributed by atoms with E-state index in [0.717, 1.165) is 11.3 Å². The van der Waals surface area contributed by atoms with Crippen LogP contribution in [0.4, 0.5) is 0 Å². The fourth-order valence-electron chi connectivity index (χ4n) is 1.79. The largest absolute Gasteiger partial charge is 0.491 e. The van der Waals surface area contributed by atoms with Crippen molar-refractivity contribution in [1.29, 1.82) is 0 Å². The van der Waals surface area contributed by atoms with Crippen molar-refractivity contribution in [3.05, 3.63) is 29.8 Å². The molecule has 1 aromatic rings. The molecule has 0 heterocycles. The van der Waals surface area contributed by atoms with Gasteiger partial charge in [0.15, 0.2) is 0 Å². The van der Waals surface area contributed by atoms with Crippen molar-refractivity contribution in [3.8, 4) is 5.75 Å². The monoisotopic (exact) mass is 279 g/mol. The maximum Gasteiger partial charge on any atom is 0.329 e. The molecule has 0 aliphatic carbocycles. The Kier molecular flexibility index (Phi) is 5.17. The van der Waals surface area contributed by atoms with Gasteiger partial charge in [-0.05, 0) is 30.9 Å². The molecule has 1 atom stereocenters. The summed E-state index contributed by atoms with van der Waals surface area (Å²) in [5.41, 5.74) is 5.85. The van der Waals surface area contributed by atoms with Crippen LogP contribution < -0.4 is 10.5 Å². The average Bonchev–Trinajstić information content (AvgIpc) is 2.36. The highest BCUT2D eigenvalue weighted by atomic mass is 16.5. The van der Waals surface area contributed by atoms with Gasteiger partial charge >= 0.3 is 5.97 Å². The van der Waals surface area contributed by atoms with Crippen LogP contribution in [0.25, 0.3) is 0 Å². The number of esters is 1. The number of hydrogen-bond donors (Lipinski definition) is 1. The first-order valence-electron chi connectivity index (χ1n) is 6.87. The van der Waals surface area contributed by atoms with E-state index < -0.39 is 11.5 Å². The fourth-order valence-corrected chi connectivity index (χ4v) is 1.79. The van der Waals surface area contributed by atoms with E-state index in [9.17, 15) is 4.79 Å². The SMILES string of the molecule is CCOC(=O)C(C)(N)COc1ccccc1C(C)(C)C. The molecule has 20 heavy (non-hydrogen) atoms. The molecule has 1 rings (SSSR count). The lowest BCUT2D eigenvalue weighted by Crippen LogP contribution is -2.51. The predicted molar refractivity (Wildman–Crippen MR) is 79.9 cm³/mol. The van der Waals surface area contributed by atoms with Crippen LogP contribution in [0, 0.1) is 0 Å². The van der Waals surface area contributed by atoms with Gasteiger partial charge in [-0.3, -0.25) is 0 Å². The Morgan fingerprint density at radius 2 is 1.80 bits per heavy atom. The molecule has 0 saturated carbocycles. The number of rotatable bonds is 5. The topological polar surface area (TPSA) is 61.5 Å². The van der Waals surface area contributed by atoms with Crippen LogP contribution in [0.15, 0.2) is 24.3 Å².